The molecule has 0 bridgehead atoms. The molecule has 0 aromatic heterocycles. The van der Waals surface area contributed by atoms with Gasteiger partial charge in [-0.2, -0.15) is 0 Å². The summed E-state index contributed by atoms with van der Waals surface area (Å²) in [5, 5.41) is 10.6. The molecule has 0 aliphatic rings. The van der Waals surface area contributed by atoms with E-state index in [4.69, 9.17) is 4.74 Å². The molecule has 120 valence electrons. The van der Waals surface area contributed by atoms with E-state index in [2.05, 4.69) is 0 Å². The van der Waals surface area contributed by atoms with Crippen molar-refractivity contribution in [3.8, 4) is 0 Å². The van der Waals surface area contributed by atoms with Gasteiger partial charge in [0.2, 0.25) is 6.54 Å². The molecule has 2 rings (SSSR count). The molecular weight excluding hydrogens is 314 g/mol. The van der Waals surface area contributed by atoms with Crippen LogP contribution in [0, 0.1) is 10.1 Å². The Labute approximate surface area is 138 Å². The fraction of sp³-hybridized carbons (Fsp3) is 0.235. The van der Waals surface area contributed by atoms with Crippen LogP contribution in [-0.4, -0.2) is 24.0 Å². The van der Waals surface area contributed by atoms with Gasteiger partial charge in [-0.15, -0.1) is 11.8 Å². The second-order valence-electron chi connectivity index (χ2n) is 4.75. The molecule has 0 N–H and O–H groups in total. The predicted octanol–water partition coefficient (Wildman–Crippen LogP) is 3.97. The standard InChI is InChI=1S/C17H17NO4S/c1-2-22-17(19)14-10-6-7-11-15(14)23-16(12-18(20)21)13-8-4-3-5-9-13/h3-11,16H,2,12H2,1H3. The number of hydrogen-bond donors (Lipinski definition) is 0. The molecule has 0 amide bonds. The van der Waals surface area contributed by atoms with Gasteiger partial charge < -0.3 is 4.74 Å². The van der Waals surface area contributed by atoms with Gasteiger partial charge in [0.1, 0.15) is 0 Å². The summed E-state index contributed by atoms with van der Waals surface area (Å²) in [6.45, 7) is 1.81. The normalized spacial score (nSPS) is 11.7. The number of nitro groups is 1. The van der Waals surface area contributed by atoms with E-state index >= 15 is 0 Å². The van der Waals surface area contributed by atoms with E-state index in [0.29, 0.717) is 10.5 Å². The van der Waals surface area contributed by atoms with Crippen molar-refractivity contribution in [2.45, 2.75) is 17.1 Å². The Balaban J connectivity index is 2.30. The molecule has 0 radical (unpaired) electrons. The molecule has 23 heavy (non-hydrogen) atoms. The van der Waals surface area contributed by atoms with Crippen molar-refractivity contribution in [3.05, 3.63) is 75.8 Å². The molecular formula is C17H17NO4S. The summed E-state index contributed by atoms with van der Waals surface area (Å²) in [6, 6.07) is 16.3. The van der Waals surface area contributed by atoms with Crippen LogP contribution in [0.2, 0.25) is 0 Å². The van der Waals surface area contributed by atoms with Crippen LogP contribution < -0.4 is 0 Å². The van der Waals surface area contributed by atoms with Crippen LogP contribution in [0.25, 0.3) is 0 Å². The van der Waals surface area contributed by atoms with Gasteiger partial charge in [0.05, 0.1) is 17.4 Å². The Morgan fingerprint density at radius 2 is 1.83 bits per heavy atom. The maximum absolute atomic E-state index is 12.0. The number of carbonyl (C=O) groups excluding carboxylic acids is 1. The Bertz CT molecular complexity index is 675. The van der Waals surface area contributed by atoms with E-state index in [1.54, 1.807) is 31.2 Å². The molecule has 0 heterocycles. The average Bonchev–Trinajstić information content (AvgIpc) is 2.55. The lowest BCUT2D eigenvalue weighted by Gasteiger charge is -2.15. The van der Waals surface area contributed by atoms with E-state index in [1.807, 2.05) is 30.3 Å². The lowest BCUT2D eigenvalue weighted by atomic mass is 10.1. The van der Waals surface area contributed by atoms with Gasteiger partial charge in [0.25, 0.3) is 0 Å². The summed E-state index contributed by atoms with van der Waals surface area (Å²) < 4.78 is 5.05. The quantitative estimate of drug-likeness (QED) is 0.332. The molecule has 0 fully saturated rings. The van der Waals surface area contributed by atoms with Gasteiger partial charge in [0, 0.05) is 9.82 Å². The second-order valence-corrected chi connectivity index (χ2v) is 5.99. The van der Waals surface area contributed by atoms with Crippen LogP contribution in [0.4, 0.5) is 0 Å². The number of ether oxygens (including phenoxy) is 1. The van der Waals surface area contributed by atoms with Crippen molar-refractivity contribution in [2.24, 2.45) is 0 Å². The van der Waals surface area contributed by atoms with Crippen molar-refractivity contribution < 1.29 is 14.5 Å². The fourth-order valence-electron chi connectivity index (χ4n) is 2.11. The maximum atomic E-state index is 12.0. The highest BCUT2D eigenvalue weighted by atomic mass is 32.2. The minimum atomic E-state index is -0.413. The van der Waals surface area contributed by atoms with Gasteiger partial charge in [0.15, 0.2) is 0 Å². The molecule has 0 spiro atoms. The minimum Gasteiger partial charge on any atom is -0.462 e. The SMILES string of the molecule is CCOC(=O)c1ccccc1SC(C[N+](=O)[O-])c1ccccc1. The lowest BCUT2D eigenvalue weighted by Crippen LogP contribution is -2.11. The molecule has 0 saturated heterocycles. The highest BCUT2D eigenvalue weighted by molar-refractivity contribution is 7.99. The fourth-order valence-corrected chi connectivity index (χ4v) is 3.35. The van der Waals surface area contributed by atoms with Gasteiger partial charge in [-0.05, 0) is 24.6 Å². The van der Waals surface area contributed by atoms with Gasteiger partial charge >= 0.3 is 5.97 Å². The third-order valence-electron chi connectivity index (χ3n) is 3.14. The molecule has 2 aromatic rings. The van der Waals surface area contributed by atoms with Crippen molar-refractivity contribution in [1.29, 1.82) is 0 Å². The number of nitrogens with zero attached hydrogens (tertiary/aromatic N) is 1. The van der Waals surface area contributed by atoms with E-state index < -0.39 is 5.97 Å². The van der Waals surface area contributed by atoms with E-state index in [-0.39, 0.29) is 23.3 Å². The Kier molecular flexibility index (Phi) is 6.17. The number of esters is 1. The first-order chi connectivity index (χ1) is 11.1. The van der Waals surface area contributed by atoms with Crippen molar-refractivity contribution in [2.75, 3.05) is 13.2 Å². The zero-order valence-corrected chi connectivity index (χ0v) is 13.5. The van der Waals surface area contributed by atoms with Crippen LogP contribution in [-0.2, 0) is 4.74 Å². The zero-order valence-electron chi connectivity index (χ0n) is 12.7. The first-order valence-corrected chi connectivity index (χ1v) is 8.09. The molecule has 0 aliphatic carbocycles. The summed E-state index contributed by atoms with van der Waals surface area (Å²) in [7, 11) is 0. The summed E-state index contributed by atoms with van der Waals surface area (Å²) >= 11 is 1.31. The number of thioether (sulfide) groups is 1. The van der Waals surface area contributed by atoms with Crippen molar-refractivity contribution in [1.82, 2.24) is 0 Å². The number of rotatable bonds is 7. The van der Waals surface area contributed by atoms with Gasteiger partial charge in [-0.3, -0.25) is 10.1 Å². The van der Waals surface area contributed by atoms with Gasteiger partial charge in [-0.1, -0.05) is 42.5 Å². The molecule has 2 aromatic carbocycles. The highest BCUT2D eigenvalue weighted by Crippen LogP contribution is 2.37. The topological polar surface area (TPSA) is 69.4 Å². The van der Waals surface area contributed by atoms with Crippen molar-refractivity contribution in [3.63, 3.8) is 0 Å². The maximum Gasteiger partial charge on any atom is 0.339 e. The first kappa shape index (κ1) is 17.0. The molecule has 1 atom stereocenters. The van der Waals surface area contributed by atoms with Crippen LogP contribution in [0.15, 0.2) is 59.5 Å². The summed E-state index contributed by atoms with van der Waals surface area (Å²) in [6.07, 6.45) is 0. The van der Waals surface area contributed by atoms with Crippen LogP contribution in [0.5, 0.6) is 0 Å². The molecule has 5 nitrogen and oxygen atoms in total. The van der Waals surface area contributed by atoms with Gasteiger partial charge in [-0.25, -0.2) is 4.79 Å². The number of carbonyl (C=O) groups is 1. The highest BCUT2D eigenvalue weighted by Gasteiger charge is 2.22. The van der Waals surface area contributed by atoms with E-state index in [9.17, 15) is 14.9 Å². The van der Waals surface area contributed by atoms with Crippen LogP contribution in [0.3, 0.4) is 0 Å². The Hall–Kier alpha value is -2.34. The minimum absolute atomic E-state index is 0.216. The molecule has 0 aliphatic heterocycles. The third-order valence-corrected chi connectivity index (χ3v) is 4.45. The third kappa shape index (κ3) is 4.82. The lowest BCUT2D eigenvalue weighted by molar-refractivity contribution is -0.479. The summed E-state index contributed by atoms with van der Waals surface area (Å²) in [5.74, 6) is -0.413. The average molecular weight is 331 g/mol. The monoisotopic (exact) mass is 331 g/mol. The number of benzene rings is 2. The van der Waals surface area contributed by atoms with Crippen molar-refractivity contribution >= 4 is 17.7 Å². The smallest absolute Gasteiger partial charge is 0.339 e. The molecule has 0 saturated carbocycles. The largest absolute Gasteiger partial charge is 0.462 e. The number of hydrogen-bond acceptors (Lipinski definition) is 5. The van der Waals surface area contributed by atoms with Crippen LogP contribution in [0.1, 0.15) is 28.1 Å². The van der Waals surface area contributed by atoms with Crippen LogP contribution >= 0.6 is 11.8 Å². The summed E-state index contributed by atoms with van der Waals surface area (Å²) in [4.78, 5) is 23.4. The molecule has 6 heteroatoms. The predicted molar refractivity (Wildman–Crippen MR) is 89.3 cm³/mol. The zero-order chi connectivity index (χ0) is 16.7. The Morgan fingerprint density at radius 1 is 1.17 bits per heavy atom. The van der Waals surface area contributed by atoms with E-state index in [0.717, 1.165) is 5.56 Å². The second kappa shape index (κ2) is 8.33. The first-order valence-electron chi connectivity index (χ1n) is 7.21. The molecule has 1 unspecified atom stereocenters. The Morgan fingerprint density at radius 3 is 2.48 bits per heavy atom. The van der Waals surface area contributed by atoms with E-state index in [1.165, 1.54) is 11.8 Å². The summed E-state index contributed by atoms with van der Waals surface area (Å²) in [5.41, 5.74) is 1.29.